The number of nitro benzene ring substituents is 1. The SMILES string of the molecule is C=C[C@H](N)c1ccc(N)c([N+](=O)[O-])c1. The van der Waals surface area contributed by atoms with E-state index in [9.17, 15) is 10.1 Å². The van der Waals surface area contributed by atoms with Crippen LogP contribution in [0.4, 0.5) is 11.4 Å². The predicted octanol–water partition coefficient (Wildman–Crippen LogP) is 1.36. The molecule has 74 valence electrons. The fourth-order valence-electron chi connectivity index (χ4n) is 1.06. The highest BCUT2D eigenvalue weighted by atomic mass is 16.6. The van der Waals surface area contributed by atoms with Gasteiger partial charge in [-0.25, -0.2) is 0 Å². The Bertz CT molecular complexity index is 376. The van der Waals surface area contributed by atoms with Gasteiger partial charge in [-0.05, 0) is 11.6 Å². The summed E-state index contributed by atoms with van der Waals surface area (Å²) in [6.45, 7) is 3.51. The van der Waals surface area contributed by atoms with Crippen molar-refractivity contribution in [3.8, 4) is 0 Å². The number of nitrogens with zero attached hydrogens (tertiary/aromatic N) is 1. The molecular weight excluding hydrogens is 182 g/mol. The Balaban J connectivity index is 3.19. The molecule has 0 heterocycles. The Hall–Kier alpha value is -1.88. The second-order valence-corrected chi connectivity index (χ2v) is 2.84. The molecule has 1 atom stereocenters. The fraction of sp³-hybridized carbons (Fsp3) is 0.111. The molecule has 0 aromatic heterocycles. The maximum Gasteiger partial charge on any atom is 0.292 e. The molecule has 0 unspecified atom stereocenters. The van der Waals surface area contributed by atoms with Gasteiger partial charge in [0.15, 0.2) is 0 Å². The van der Waals surface area contributed by atoms with Gasteiger partial charge in [0.05, 0.1) is 4.92 Å². The second kappa shape index (κ2) is 3.89. The average Bonchev–Trinajstić information content (AvgIpc) is 2.17. The van der Waals surface area contributed by atoms with Crippen LogP contribution in [0.2, 0.25) is 0 Å². The first-order chi connectivity index (χ1) is 6.56. The van der Waals surface area contributed by atoms with Gasteiger partial charge in [-0.3, -0.25) is 10.1 Å². The van der Waals surface area contributed by atoms with Crippen molar-refractivity contribution >= 4 is 11.4 Å². The first kappa shape index (κ1) is 10.2. The Morgan fingerprint density at radius 1 is 1.57 bits per heavy atom. The summed E-state index contributed by atoms with van der Waals surface area (Å²) in [7, 11) is 0. The molecule has 1 aromatic carbocycles. The van der Waals surface area contributed by atoms with Crippen LogP contribution in [0.3, 0.4) is 0 Å². The van der Waals surface area contributed by atoms with E-state index >= 15 is 0 Å². The number of nitrogens with two attached hydrogens (primary N) is 2. The van der Waals surface area contributed by atoms with E-state index in [1.807, 2.05) is 0 Å². The van der Waals surface area contributed by atoms with Gasteiger partial charge in [0.1, 0.15) is 5.69 Å². The van der Waals surface area contributed by atoms with E-state index in [4.69, 9.17) is 11.5 Å². The van der Waals surface area contributed by atoms with E-state index < -0.39 is 11.0 Å². The topological polar surface area (TPSA) is 95.2 Å². The van der Waals surface area contributed by atoms with Crippen LogP contribution in [0.15, 0.2) is 30.9 Å². The zero-order valence-corrected chi connectivity index (χ0v) is 7.51. The van der Waals surface area contributed by atoms with Crippen LogP contribution in [-0.2, 0) is 0 Å². The summed E-state index contributed by atoms with van der Waals surface area (Å²) in [5, 5.41) is 10.5. The quantitative estimate of drug-likeness (QED) is 0.328. The van der Waals surface area contributed by atoms with Crippen molar-refractivity contribution in [3.63, 3.8) is 0 Å². The van der Waals surface area contributed by atoms with Crippen LogP contribution >= 0.6 is 0 Å². The molecule has 5 nitrogen and oxygen atoms in total. The third kappa shape index (κ3) is 1.89. The van der Waals surface area contributed by atoms with Crippen molar-refractivity contribution in [2.45, 2.75) is 6.04 Å². The number of benzene rings is 1. The van der Waals surface area contributed by atoms with Crippen molar-refractivity contribution in [2.75, 3.05) is 5.73 Å². The molecular formula is C9H11N3O2. The summed E-state index contributed by atoms with van der Waals surface area (Å²) >= 11 is 0. The van der Waals surface area contributed by atoms with Gasteiger partial charge in [0.2, 0.25) is 0 Å². The van der Waals surface area contributed by atoms with Gasteiger partial charge in [0, 0.05) is 12.1 Å². The molecule has 0 bridgehead atoms. The lowest BCUT2D eigenvalue weighted by Gasteiger charge is -2.06. The number of rotatable bonds is 3. The van der Waals surface area contributed by atoms with E-state index in [2.05, 4.69) is 6.58 Å². The van der Waals surface area contributed by atoms with Gasteiger partial charge >= 0.3 is 0 Å². The van der Waals surface area contributed by atoms with E-state index in [0.717, 1.165) is 0 Å². The minimum atomic E-state index is -0.533. The lowest BCUT2D eigenvalue weighted by Crippen LogP contribution is -2.07. The molecule has 0 aliphatic heterocycles. The lowest BCUT2D eigenvalue weighted by atomic mass is 10.1. The van der Waals surface area contributed by atoms with E-state index in [1.165, 1.54) is 18.2 Å². The molecule has 0 radical (unpaired) electrons. The smallest absolute Gasteiger partial charge is 0.292 e. The summed E-state index contributed by atoms with van der Waals surface area (Å²) in [6.07, 6.45) is 1.51. The number of hydrogen-bond acceptors (Lipinski definition) is 4. The molecule has 0 saturated heterocycles. The van der Waals surface area contributed by atoms with Gasteiger partial charge < -0.3 is 11.5 Å². The molecule has 5 heteroatoms. The zero-order chi connectivity index (χ0) is 10.7. The van der Waals surface area contributed by atoms with E-state index in [1.54, 1.807) is 6.07 Å². The van der Waals surface area contributed by atoms with Crippen molar-refractivity contribution in [2.24, 2.45) is 5.73 Å². The fourth-order valence-corrected chi connectivity index (χ4v) is 1.06. The van der Waals surface area contributed by atoms with E-state index in [-0.39, 0.29) is 11.4 Å². The van der Waals surface area contributed by atoms with Gasteiger partial charge in [-0.1, -0.05) is 12.1 Å². The molecule has 14 heavy (non-hydrogen) atoms. The maximum absolute atomic E-state index is 10.5. The Kier molecular flexibility index (Phi) is 2.83. The molecule has 4 N–H and O–H groups in total. The first-order valence-electron chi connectivity index (χ1n) is 3.98. The minimum Gasteiger partial charge on any atom is -0.393 e. The molecule has 1 rings (SSSR count). The molecule has 0 amide bonds. The number of nitrogen functional groups attached to an aromatic ring is 1. The highest BCUT2D eigenvalue weighted by Gasteiger charge is 2.13. The summed E-state index contributed by atoms with van der Waals surface area (Å²) in [6, 6.07) is 4.07. The van der Waals surface area contributed by atoms with E-state index in [0.29, 0.717) is 5.56 Å². The van der Waals surface area contributed by atoms with Crippen LogP contribution in [0, 0.1) is 10.1 Å². The third-order valence-electron chi connectivity index (χ3n) is 1.89. The summed E-state index contributed by atoms with van der Waals surface area (Å²) in [5.41, 5.74) is 11.7. The van der Waals surface area contributed by atoms with Gasteiger partial charge in [0.25, 0.3) is 5.69 Å². The second-order valence-electron chi connectivity index (χ2n) is 2.84. The standard InChI is InChI=1S/C9H11N3O2/c1-2-7(10)6-3-4-8(11)9(5-6)12(13)14/h2-5,7H,1,10-11H2/t7-/m0/s1. The van der Waals surface area contributed by atoms with Crippen LogP contribution < -0.4 is 11.5 Å². The first-order valence-corrected chi connectivity index (χ1v) is 3.98. The highest BCUT2D eigenvalue weighted by molar-refractivity contribution is 5.59. The third-order valence-corrected chi connectivity index (χ3v) is 1.89. The van der Waals surface area contributed by atoms with Gasteiger partial charge in [-0.2, -0.15) is 0 Å². The van der Waals surface area contributed by atoms with Crippen molar-refractivity contribution in [1.29, 1.82) is 0 Å². The monoisotopic (exact) mass is 193 g/mol. The lowest BCUT2D eigenvalue weighted by molar-refractivity contribution is -0.384. The van der Waals surface area contributed by atoms with Crippen LogP contribution in [-0.4, -0.2) is 4.92 Å². The molecule has 0 spiro atoms. The molecule has 0 aliphatic carbocycles. The van der Waals surface area contributed by atoms with Crippen molar-refractivity contribution in [3.05, 3.63) is 46.5 Å². The number of anilines is 1. The number of hydrogen-bond donors (Lipinski definition) is 2. The van der Waals surface area contributed by atoms with Crippen molar-refractivity contribution < 1.29 is 4.92 Å². The highest BCUT2D eigenvalue weighted by Crippen LogP contribution is 2.24. The molecule has 0 saturated carbocycles. The number of nitro groups is 1. The maximum atomic E-state index is 10.5. The predicted molar refractivity (Wildman–Crippen MR) is 54.6 cm³/mol. The molecule has 1 aromatic rings. The van der Waals surface area contributed by atoms with Crippen molar-refractivity contribution in [1.82, 2.24) is 0 Å². The van der Waals surface area contributed by atoms with Crippen LogP contribution in [0.5, 0.6) is 0 Å². The Morgan fingerprint density at radius 3 is 2.71 bits per heavy atom. The molecule has 0 aliphatic rings. The molecule has 0 fully saturated rings. The summed E-state index contributed by atoms with van der Waals surface area (Å²) < 4.78 is 0. The van der Waals surface area contributed by atoms with Gasteiger partial charge in [-0.15, -0.1) is 6.58 Å². The zero-order valence-electron chi connectivity index (χ0n) is 7.51. The largest absolute Gasteiger partial charge is 0.393 e. The van der Waals surface area contributed by atoms with Crippen LogP contribution in [0.1, 0.15) is 11.6 Å². The summed E-state index contributed by atoms with van der Waals surface area (Å²) in [4.78, 5) is 10.0. The average molecular weight is 193 g/mol. The Labute approximate surface area is 81.2 Å². The Morgan fingerprint density at radius 2 is 2.21 bits per heavy atom. The normalized spacial score (nSPS) is 12.1. The summed E-state index contributed by atoms with van der Waals surface area (Å²) in [5.74, 6) is 0. The minimum absolute atomic E-state index is 0.125. The van der Waals surface area contributed by atoms with Crippen LogP contribution in [0.25, 0.3) is 0 Å².